The van der Waals surface area contributed by atoms with E-state index < -0.39 is 0 Å². The Hall–Kier alpha value is 0.1000. The van der Waals surface area contributed by atoms with Crippen molar-refractivity contribution < 1.29 is 4.74 Å². The Kier molecular flexibility index (Phi) is 4.83. The van der Waals surface area contributed by atoms with Crippen LogP contribution in [-0.4, -0.2) is 20.4 Å². The van der Waals surface area contributed by atoms with Crippen molar-refractivity contribution in [3.63, 3.8) is 0 Å². The quantitative estimate of drug-likeness (QED) is 0.639. The average molecular weight is 250 g/mol. The van der Waals surface area contributed by atoms with Crippen LogP contribution < -0.4 is 5.32 Å². The Morgan fingerprint density at radius 2 is 2.50 bits per heavy atom. The van der Waals surface area contributed by atoms with Gasteiger partial charge in [-0.25, -0.2) is 0 Å². The predicted molar refractivity (Wildman–Crippen MR) is 55.6 cm³/mol. The predicted octanol–water partition coefficient (Wildman–Crippen LogP) is 2.25. The molecular weight excluding hydrogens is 238 g/mol. The summed E-state index contributed by atoms with van der Waals surface area (Å²) in [4.78, 5) is 1.39. The molecule has 0 aliphatic carbocycles. The van der Waals surface area contributed by atoms with Gasteiger partial charge in [-0.15, -0.1) is 11.3 Å². The van der Waals surface area contributed by atoms with Gasteiger partial charge >= 0.3 is 0 Å². The van der Waals surface area contributed by atoms with Gasteiger partial charge in [0, 0.05) is 28.4 Å². The minimum Gasteiger partial charge on any atom is -0.370 e. The van der Waals surface area contributed by atoms with Crippen molar-refractivity contribution in [1.29, 1.82) is 0 Å². The Balaban J connectivity index is 2.15. The summed E-state index contributed by atoms with van der Waals surface area (Å²) in [6.07, 6.45) is 1.07. The lowest BCUT2D eigenvalue weighted by atomic mass is 10.3. The molecule has 0 amide bonds. The van der Waals surface area contributed by atoms with Gasteiger partial charge in [-0.05, 0) is 28.4 Å². The largest absolute Gasteiger partial charge is 0.370 e. The number of hydrogen-bond donors (Lipinski definition) is 1. The Morgan fingerprint density at radius 1 is 1.67 bits per heavy atom. The highest BCUT2D eigenvalue weighted by atomic mass is 79.9. The van der Waals surface area contributed by atoms with Crippen molar-refractivity contribution in [2.45, 2.75) is 6.42 Å². The molecule has 1 N–H and O–H groups in total. The number of ether oxygens (including phenoxy) is 1. The van der Waals surface area contributed by atoms with Crippen molar-refractivity contribution in [1.82, 2.24) is 5.32 Å². The molecule has 0 unspecified atom stereocenters. The maximum atomic E-state index is 4.87. The van der Waals surface area contributed by atoms with E-state index in [0.717, 1.165) is 13.0 Å². The SMILES string of the molecule is COCNCCc1cc(Br)cs1. The van der Waals surface area contributed by atoms with Crippen LogP contribution >= 0.6 is 27.3 Å². The summed E-state index contributed by atoms with van der Waals surface area (Å²) in [6.45, 7) is 1.60. The summed E-state index contributed by atoms with van der Waals surface area (Å²) < 4.78 is 6.04. The Morgan fingerprint density at radius 3 is 3.08 bits per heavy atom. The molecule has 1 aromatic heterocycles. The second kappa shape index (κ2) is 5.70. The van der Waals surface area contributed by atoms with Gasteiger partial charge in [-0.3, -0.25) is 5.32 Å². The van der Waals surface area contributed by atoms with E-state index >= 15 is 0 Å². The lowest BCUT2D eigenvalue weighted by molar-refractivity contribution is 0.176. The van der Waals surface area contributed by atoms with Crippen molar-refractivity contribution >= 4 is 27.3 Å². The fourth-order valence-corrected chi connectivity index (χ4v) is 2.33. The van der Waals surface area contributed by atoms with Gasteiger partial charge in [0.2, 0.25) is 0 Å². The van der Waals surface area contributed by atoms with Gasteiger partial charge in [0.1, 0.15) is 0 Å². The van der Waals surface area contributed by atoms with Crippen LogP contribution in [0.15, 0.2) is 15.9 Å². The Bertz CT molecular complexity index is 227. The van der Waals surface area contributed by atoms with E-state index in [9.17, 15) is 0 Å². The molecule has 12 heavy (non-hydrogen) atoms. The molecule has 68 valence electrons. The summed E-state index contributed by atoms with van der Waals surface area (Å²) in [6, 6.07) is 2.15. The van der Waals surface area contributed by atoms with Gasteiger partial charge in [-0.2, -0.15) is 0 Å². The highest BCUT2D eigenvalue weighted by Crippen LogP contribution is 2.19. The lowest BCUT2D eigenvalue weighted by Gasteiger charge is -2.00. The second-order valence-electron chi connectivity index (χ2n) is 2.41. The molecule has 0 aromatic carbocycles. The fourth-order valence-electron chi connectivity index (χ4n) is 0.871. The molecule has 1 aromatic rings. The normalized spacial score (nSPS) is 10.5. The lowest BCUT2D eigenvalue weighted by Crippen LogP contribution is -2.19. The van der Waals surface area contributed by atoms with Crippen molar-refractivity contribution in [3.8, 4) is 0 Å². The molecule has 0 saturated heterocycles. The minimum atomic E-state index is 0.631. The van der Waals surface area contributed by atoms with Gasteiger partial charge in [0.15, 0.2) is 0 Å². The molecule has 0 radical (unpaired) electrons. The highest BCUT2D eigenvalue weighted by molar-refractivity contribution is 9.10. The molecule has 0 aliphatic heterocycles. The molecule has 0 fully saturated rings. The van der Waals surface area contributed by atoms with Crippen molar-refractivity contribution in [2.75, 3.05) is 20.4 Å². The molecule has 0 spiro atoms. The van der Waals surface area contributed by atoms with Crippen LogP contribution in [-0.2, 0) is 11.2 Å². The first-order valence-corrected chi connectivity index (χ1v) is 5.43. The molecule has 2 nitrogen and oxygen atoms in total. The summed E-state index contributed by atoms with van der Waals surface area (Å²) in [7, 11) is 1.69. The smallest absolute Gasteiger partial charge is 0.0961 e. The molecule has 4 heteroatoms. The summed E-state index contributed by atoms with van der Waals surface area (Å²) in [5, 5.41) is 5.26. The standard InChI is InChI=1S/C8H12BrNOS/c1-11-6-10-3-2-8-4-7(9)5-12-8/h4-5,10H,2-3,6H2,1H3. The monoisotopic (exact) mass is 249 g/mol. The topological polar surface area (TPSA) is 21.3 Å². The summed E-state index contributed by atoms with van der Waals surface area (Å²) >= 11 is 5.20. The van der Waals surface area contributed by atoms with Gasteiger partial charge in [0.25, 0.3) is 0 Å². The van der Waals surface area contributed by atoms with Crippen molar-refractivity contribution in [2.24, 2.45) is 0 Å². The summed E-state index contributed by atoms with van der Waals surface area (Å²) in [5.41, 5.74) is 0. The molecule has 0 aliphatic rings. The first-order valence-electron chi connectivity index (χ1n) is 3.75. The first kappa shape index (κ1) is 10.2. The molecular formula is C8H12BrNOS. The van der Waals surface area contributed by atoms with Crippen LogP contribution in [0.3, 0.4) is 0 Å². The second-order valence-corrected chi connectivity index (χ2v) is 4.33. The van der Waals surface area contributed by atoms with E-state index in [1.54, 1.807) is 18.4 Å². The molecule has 0 saturated carbocycles. The zero-order valence-corrected chi connectivity index (χ0v) is 9.37. The zero-order chi connectivity index (χ0) is 8.81. The highest BCUT2D eigenvalue weighted by Gasteiger charge is 1.96. The van der Waals surface area contributed by atoms with E-state index in [1.165, 1.54) is 9.35 Å². The molecule has 1 rings (SSSR count). The number of rotatable bonds is 5. The third kappa shape index (κ3) is 3.67. The average Bonchev–Trinajstić information content (AvgIpc) is 2.45. The van der Waals surface area contributed by atoms with Crippen LogP contribution in [0.25, 0.3) is 0 Å². The molecule has 0 bridgehead atoms. The first-order chi connectivity index (χ1) is 5.83. The van der Waals surface area contributed by atoms with Gasteiger partial charge in [0.05, 0.1) is 6.73 Å². The molecule has 1 heterocycles. The third-order valence-electron chi connectivity index (χ3n) is 1.42. The van der Waals surface area contributed by atoms with E-state index in [1.807, 2.05) is 0 Å². The number of thiophene rings is 1. The third-order valence-corrected chi connectivity index (χ3v) is 3.17. The van der Waals surface area contributed by atoms with Crippen LogP contribution in [0.2, 0.25) is 0 Å². The van der Waals surface area contributed by atoms with E-state index in [-0.39, 0.29) is 0 Å². The minimum absolute atomic E-state index is 0.631. The van der Waals surface area contributed by atoms with Crippen LogP contribution in [0.1, 0.15) is 4.88 Å². The van der Waals surface area contributed by atoms with E-state index in [4.69, 9.17) is 4.74 Å². The maximum Gasteiger partial charge on any atom is 0.0961 e. The van der Waals surface area contributed by atoms with Crippen LogP contribution in [0.4, 0.5) is 0 Å². The summed E-state index contributed by atoms with van der Waals surface area (Å²) in [5.74, 6) is 0. The fraction of sp³-hybridized carbons (Fsp3) is 0.500. The number of methoxy groups -OCH3 is 1. The van der Waals surface area contributed by atoms with Crippen molar-refractivity contribution in [3.05, 3.63) is 20.8 Å². The van der Waals surface area contributed by atoms with Crippen LogP contribution in [0, 0.1) is 0 Å². The van der Waals surface area contributed by atoms with E-state index in [0.29, 0.717) is 6.73 Å². The Labute approximate surface area is 85.1 Å². The number of hydrogen-bond acceptors (Lipinski definition) is 3. The zero-order valence-electron chi connectivity index (χ0n) is 6.97. The maximum absolute atomic E-state index is 4.87. The van der Waals surface area contributed by atoms with Crippen LogP contribution in [0.5, 0.6) is 0 Å². The number of halogens is 1. The van der Waals surface area contributed by atoms with E-state index in [2.05, 4.69) is 32.7 Å². The molecule has 0 atom stereocenters. The number of nitrogens with one attached hydrogen (secondary N) is 1. The van der Waals surface area contributed by atoms with Gasteiger partial charge < -0.3 is 4.74 Å². The van der Waals surface area contributed by atoms with Gasteiger partial charge in [-0.1, -0.05) is 0 Å².